The molecule has 28 nitrogen and oxygen atoms in total. The third kappa shape index (κ3) is 14.8. The van der Waals surface area contributed by atoms with Crippen LogP contribution in [0.3, 0.4) is 0 Å². The molecule has 5 heterocycles. The minimum atomic E-state index is -1.71. The molecule has 2 aromatic carbocycles. The van der Waals surface area contributed by atoms with Gasteiger partial charge in [-0.15, -0.1) is 20.5 Å². The van der Waals surface area contributed by atoms with E-state index in [1.807, 2.05) is 12.1 Å². The second kappa shape index (κ2) is 27.7. The predicted molar refractivity (Wildman–Crippen MR) is 222 cm³/mol. The van der Waals surface area contributed by atoms with E-state index >= 15 is 0 Å². The summed E-state index contributed by atoms with van der Waals surface area (Å²) in [5.74, 6) is -8.90. The molecule has 0 bridgehead atoms. The maximum absolute atomic E-state index is 13.2. The van der Waals surface area contributed by atoms with E-state index in [1.54, 1.807) is 41.5 Å². The Hall–Kier alpha value is -2.07. The van der Waals surface area contributed by atoms with Gasteiger partial charge in [0, 0.05) is 10.8 Å². The number of nitrogens with two attached hydrogens (primary N) is 2. The second-order valence-corrected chi connectivity index (χ2v) is 16.6. The topological polar surface area (TPSA) is 443 Å². The fourth-order valence-electron chi connectivity index (χ4n) is 6.43. The van der Waals surface area contributed by atoms with Gasteiger partial charge in [0.05, 0.1) is 65.0 Å². The number of nitriles is 2. The number of carboxylic acid groups (broad SMARTS) is 4. The molecular formula is C41H30K5N19O9. The summed E-state index contributed by atoms with van der Waals surface area (Å²) in [6, 6.07) is 8.41. The van der Waals surface area contributed by atoms with Crippen LogP contribution in [0.4, 0.5) is 34.6 Å². The van der Waals surface area contributed by atoms with Crippen LogP contribution in [-0.4, -0.2) is 78.0 Å². The quantitative estimate of drug-likeness (QED) is 0.0847. The minimum Gasteiger partial charge on any atom is -0.844 e. The number of azo groups is 2. The summed E-state index contributed by atoms with van der Waals surface area (Å²) in [5, 5.41) is 114. The fourth-order valence-corrected chi connectivity index (χ4v) is 6.43. The van der Waals surface area contributed by atoms with Gasteiger partial charge in [0.15, 0.2) is 34.6 Å². The molecule has 5 aromatic heterocycles. The number of hydrogen-bond acceptors (Lipinski definition) is 24. The third-order valence-corrected chi connectivity index (χ3v) is 9.67. The molecule has 0 amide bonds. The summed E-state index contributed by atoms with van der Waals surface area (Å²) in [7, 11) is 0. The number of carboxylic acids is 4. The van der Waals surface area contributed by atoms with Crippen molar-refractivity contribution in [2.24, 2.45) is 20.5 Å². The van der Waals surface area contributed by atoms with Crippen molar-refractivity contribution in [3.63, 3.8) is 0 Å². The van der Waals surface area contributed by atoms with E-state index in [-0.39, 0.29) is 325 Å². The monoisotopic (exact) mass is 1130 g/mol. The Morgan fingerprint density at radius 1 is 0.527 bits per heavy atom. The van der Waals surface area contributed by atoms with Crippen molar-refractivity contribution >= 4 is 58.5 Å². The first kappa shape index (κ1) is 68.0. The number of nitrogen functional groups attached to an aromatic ring is 2. The number of rotatable bonds is 12. The summed E-state index contributed by atoms with van der Waals surface area (Å²) < 4.78 is 3.82. The van der Waals surface area contributed by atoms with Gasteiger partial charge >= 0.3 is 257 Å². The molecule has 0 atom stereocenters. The van der Waals surface area contributed by atoms with Gasteiger partial charge < -0.3 is 56.2 Å². The van der Waals surface area contributed by atoms with Gasteiger partial charge in [-0.1, -0.05) is 41.5 Å². The van der Waals surface area contributed by atoms with Crippen molar-refractivity contribution < 1.29 is 302 Å². The van der Waals surface area contributed by atoms with Crippen molar-refractivity contribution in [3.05, 3.63) is 93.6 Å². The van der Waals surface area contributed by atoms with E-state index in [9.17, 15) is 55.2 Å². The molecule has 0 fully saturated rings. The van der Waals surface area contributed by atoms with E-state index in [0.717, 1.165) is 67.5 Å². The molecular weight excluding hydrogens is 1100 g/mol. The second-order valence-electron chi connectivity index (χ2n) is 16.6. The van der Waals surface area contributed by atoms with E-state index < -0.39 is 74.9 Å². The zero-order valence-electron chi connectivity index (χ0n) is 41.6. The smallest absolute Gasteiger partial charge is 0.844 e. The van der Waals surface area contributed by atoms with Gasteiger partial charge in [0.25, 0.3) is 11.9 Å². The van der Waals surface area contributed by atoms with Crippen molar-refractivity contribution in [2.45, 2.75) is 52.4 Å². The molecule has 0 spiro atoms. The molecule has 0 unspecified atom stereocenters. The number of anilines is 2. The molecule has 0 radical (unpaired) electrons. The molecule has 0 aliphatic heterocycles. The van der Waals surface area contributed by atoms with Crippen LogP contribution in [0.5, 0.6) is 6.01 Å². The number of carbonyl (C=O) groups is 4. The zero-order chi connectivity index (χ0) is 50.4. The van der Waals surface area contributed by atoms with Crippen molar-refractivity contribution in [1.29, 1.82) is 10.5 Å². The number of aromatic nitrogens is 11. The summed E-state index contributed by atoms with van der Waals surface area (Å²) in [4.78, 5) is 59.1. The third-order valence-electron chi connectivity index (χ3n) is 9.67. The van der Waals surface area contributed by atoms with Crippen LogP contribution < -0.4 is 294 Å². The maximum Gasteiger partial charge on any atom is 1.00 e. The predicted octanol–water partition coefficient (Wildman–Crippen LogP) is -15.5. The van der Waals surface area contributed by atoms with Gasteiger partial charge in [0.1, 0.15) is 23.3 Å². The average molecular weight is 1130 g/mol. The van der Waals surface area contributed by atoms with Gasteiger partial charge in [-0.2, -0.15) is 45.3 Å². The molecule has 7 aromatic rings. The van der Waals surface area contributed by atoms with Crippen molar-refractivity contribution in [2.75, 3.05) is 11.5 Å². The van der Waals surface area contributed by atoms with Crippen molar-refractivity contribution in [3.8, 4) is 41.4 Å². The number of carbonyl (C=O) groups excluding carboxylic acids is 4. The first-order valence-electron chi connectivity index (χ1n) is 19.6. The largest absolute Gasteiger partial charge is 1.00 e. The Balaban J connectivity index is 0.00000375. The first-order chi connectivity index (χ1) is 32.4. The summed E-state index contributed by atoms with van der Waals surface area (Å²) >= 11 is 0. The molecule has 348 valence electrons. The molecule has 74 heavy (non-hydrogen) atoms. The number of hydrogen-bond donors (Lipinski definition) is 2. The van der Waals surface area contributed by atoms with Crippen LogP contribution in [0.25, 0.3) is 23.3 Å². The van der Waals surface area contributed by atoms with Crippen LogP contribution in [0.2, 0.25) is 0 Å². The summed E-state index contributed by atoms with van der Waals surface area (Å²) in [6.45, 7) is 10.4. The molecule has 0 aliphatic carbocycles. The van der Waals surface area contributed by atoms with Crippen LogP contribution in [0, 0.1) is 22.7 Å². The van der Waals surface area contributed by atoms with E-state index in [1.165, 1.54) is 0 Å². The van der Waals surface area contributed by atoms with Crippen LogP contribution >= 0.6 is 0 Å². The van der Waals surface area contributed by atoms with Crippen LogP contribution in [0.1, 0.15) is 105 Å². The fraction of sp³-hybridized carbons (Fsp3) is 0.195. The van der Waals surface area contributed by atoms with Crippen LogP contribution in [0.15, 0.2) is 69.2 Å². The Kier molecular flexibility index (Phi) is 25.5. The van der Waals surface area contributed by atoms with Gasteiger partial charge in [-0.05, 0) is 58.7 Å². The number of aromatic carboxylic acids is 4. The van der Waals surface area contributed by atoms with Crippen LogP contribution in [-0.2, 0) is 10.8 Å². The van der Waals surface area contributed by atoms with Gasteiger partial charge in [-0.25, -0.2) is 19.3 Å². The SMILES string of the molecule is CC(C)(C)c1nn(-c2nc([O-])nc(-n3nc(C(C)(C)C)c(N=Nc4c(C#N)cnn4-c4cc(C(=O)[O-])cc(C(=O)[O-])c4)c3N)n2)c(N)c1N=Nc1c(C#N)cnn1-c1cc(C(=O)[O-])cc(C(=O)[O-])c1.[K+].[K+].[K+].[K+].[K+]. The normalized spacial score (nSPS) is 11.0. The van der Waals surface area contributed by atoms with Crippen molar-refractivity contribution in [1.82, 2.24) is 54.1 Å². The Labute approximate surface area is 631 Å². The average Bonchev–Trinajstić information content (AvgIpc) is 4.06. The minimum absolute atomic E-state index is 0. The van der Waals surface area contributed by atoms with Gasteiger partial charge in [-0.3, -0.25) is 0 Å². The standard InChI is InChI=1S/C41H35N19O9.5K/c1-40(2,3)27-25(51-53-31-21(13-42)15-46-57(31)23-9-17(33(61)62)7-18(10-23)34(63)64)29(44)59(55-27)37-48-38(50-39(69)49-37)60-30(45)26(28(56-60)41(4,5)6)52-54-32-22(14-43)16-47-58(32)24-11-19(35(65)66)8-20(12-24)36(67)68;;;;;/h7-12,15-16H,44-45H2,1-6H3,(H,61,62)(H,63,64)(H,65,66)(H,67,68)(H,48,49,50,69);;;;;/q;5*+1/p-5. The number of nitrogens with zero attached hydrogens (tertiary/aromatic N) is 17. The summed E-state index contributed by atoms with van der Waals surface area (Å²) in [5.41, 5.74) is 8.76. The molecule has 0 aliphatic rings. The Morgan fingerprint density at radius 3 is 1.11 bits per heavy atom. The molecule has 0 saturated heterocycles. The van der Waals surface area contributed by atoms with E-state index in [4.69, 9.17) is 11.5 Å². The summed E-state index contributed by atoms with van der Waals surface area (Å²) in [6.07, 6.45) is 2.15. The molecule has 7 rings (SSSR count). The Morgan fingerprint density at radius 2 is 0.838 bits per heavy atom. The zero-order valence-corrected chi connectivity index (χ0v) is 57.2. The van der Waals surface area contributed by atoms with E-state index in [0.29, 0.717) is 0 Å². The molecule has 0 saturated carbocycles. The maximum atomic E-state index is 13.2. The first-order valence-corrected chi connectivity index (χ1v) is 19.6. The van der Waals surface area contributed by atoms with E-state index in [2.05, 4.69) is 55.8 Å². The molecule has 33 heteroatoms. The molecule has 4 N–H and O–H groups in total. The number of benzene rings is 2. The Bertz CT molecular complexity index is 3200. The van der Waals surface area contributed by atoms with Gasteiger partial charge in [0.2, 0.25) is 0 Å².